The molecule has 0 unspecified atom stereocenters. The maximum absolute atomic E-state index is 12.2. The number of rotatable bonds is 3. The topological polar surface area (TPSA) is 125 Å². The average molecular weight is 285 g/mol. The number of H-pyrrole nitrogens is 1. The van der Waals surface area contributed by atoms with E-state index in [1.165, 1.54) is 12.1 Å². The quantitative estimate of drug-likeness (QED) is 0.659. The lowest BCUT2D eigenvalue weighted by molar-refractivity contribution is -0.384. The van der Waals surface area contributed by atoms with Gasteiger partial charge in [-0.1, -0.05) is 0 Å². The minimum absolute atomic E-state index is 0.0244. The van der Waals surface area contributed by atoms with Gasteiger partial charge in [-0.15, -0.1) is 0 Å². The molecule has 2 N–H and O–H groups in total. The maximum atomic E-state index is 12.2. The van der Waals surface area contributed by atoms with Crippen molar-refractivity contribution in [1.82, 2.24) is 10.2 Å². The number of hydrogen-bond acceptors (Lipinski definition) is 5. The van der Waals surface area contributed by atoms with Gasteiger partial charge in [0.2, 0.25) is 0 Å². The number of carbonyl (C=O) groups excluding carboxylic acids is 1. The van der Waals surface area contributed by atoms with Crippen LogP contribution in [0.2, 0.25) is 0 Å². The summed E-state index contributed by atoms with van der Waals surface area (Å²) < 4.78 is 0. The Kier molecular flexibility index (Phi) is 3.67. The zero-order valence-corrected chi connectivity index (χ0v) is 11.3. The molecule has 2 aromatic rings. The van der Waals surface area contributed by atoms with Crippen LogP contribution in [0.15, 0.2) is 18.2 Å². The molecule has 0 radical (unpaired) electrons. The number of nitro benzene ring substituents is 1. The van der Waals surface area contributed by atoms with Crippen LogP contribution in [-0.4, -0.2) is 21.0 Å². The molecule has 8 heteroatoms. The highest BCUT2D eigenvalue weighted by molar-refractivity contribution is 6.06. The SMILES string of the molecule is Cc1n[nH]c(C)c1C(=O)Nc1ccc([N+](=O)[O-])cc1C#N. The van der Waals surface area contributed by atoms with Gasteiger partial charge >= 0.3 is 0 Å². The molecule has 2 rings (SSSR count). The van der Waals surface area contributed by atoms with Crippen LogP contribution in [-0.2, 0) is 0 Å². The predicted octanol–water partition coefficient (Wildman–Crippen LogP) is 2.06. The third-order valence-corrected chi connectivity index (χ3v) is 2.94. The lowest BCUT2D eigenvalue weighted by Gasteiger charge is -2.07. The lowest BCUT2D eigenvalue weighted by atomic mass is 10.1. The third kappa shape index (κ3) is 2.71. The van der Waals surface area contributed by atoms with Gasteiger partial charge in [0.05, 0.1) is 27.4 Å². The van der Waals surface area contributed by atoms with Gasteiger partial charge in [-0.2, -0.15) is 10.4 Å². The highest BCUT2D eigenvalue weighted by Gasteiger charge is 2.18. The Balaban J connectivity index is 2.34. The van der Waals surface area contributed by atoms with Crippen LogP contribution in [0.4, 0.5) is 11.4 Å². The van der Waals surface area contributed by atoms with Gasteiger partial charge in [-0.05, 0) is 19.9 Å². The summed E-state index contributed by atoms with van der Waals surface area (Å²) in [7, 11) is 0. The number of non-ortho nitro benzene ring substituents is 1. The zero-order chi connectivity index (χ0) is 15.6. The molecule has 0 aliphatic carbocycles. The Hall–Kier alpha value is -3.21. The summed E-state index contributed by atoms with van der Waals surface area (Å²) in [5.74, 6) is -0.427. The first-order chi connectivity index (χ1) is 9.93. The van der Waals surface area contributed by atoms with Crippen molar-refractivity contribution in [1.29, 1.82) is 5.26 Å². The van der Waals surface area contributed by atoms with E-state index in [1.807, 2.05) is 6.07 Å². The number of nitriles is 1. The summed E-state index contributed by atoms with van der Waals surface area (Å²) >= 11 is 0. The summed E-state index contributed by atoms with van der Waals surface area (Å²) in [6, 6.07) is 5.50. The summed E-state index contributed by atoms with van der Waals surface area (Å²) in [6.45, 7) is 3.38. The Morgan fingerprint density at radius 2 is 2.19 bits per heavy atom. The number of hydrogen-bond donors (Lipinski definition) is 2. The third-order valence-electron chi connectivity index (χ3n) is 2.94. The van der Waals surface area contributed by atoms with Crippen molar-refractivity contribution in [3.8, 4) is 6.07 Å². The first-order valence-corrected chi connectivity index (χ1v) is 5.95. The van der Waals surface area contributed by atoms with E-state index in [1.54, 1.807) is 13.8 Å². The summed E-state index contributed by atoms with van der Waals surface area (Å²) in [4.78, 5) is 22.3. The van der Waals surface area contributed by atoms with Crippen LogP contribution >= 0.6 is 0 Å². The fourth-order valence-electron chi connectivity index (χ4n) is 1.92. The van der Waals surface area contributed by atoms with Gasteiger partial charge in [0, 0.05) is 17.8 Å². The number of carbonyl (C=O) groups is 1. The molecule has 0 aliphatic rings. The minimum atomic E-state index is -0.600. The summed E-state index contributed by atoms with van der Waals surface area (Å²) in [6.07, 6.45) is 0. The maximum Gasteiger partial charge on any atom is 0.270 e. The Labute approximate surface area is 119 Å². The van der Waals surface area contributed by atoms with Crippen molar-refractivity contribution < 1.29 is 9.72 Å². The molecule has 0 fully saturated rings. The molecule has 0 aliphatic heterocycles. The molecule has 8 nitrogen and oxygen atoms in total. The van der Waals surface area contributed by atoms with E-state index < -0.39 is 10.8 Å². The molecule has 0 atom stereocenters. The van der Waals surface area contributed by atoms with Crippen molar-refractivity contribution in [3.05, 3.63) is 50.8 Å². The first-order valence-electron chi connectivity index (χ1n) is 5.95. The Bertz CT molecular complexity index is 753. The first kappa shape index (κ1) is 14.2. The second-order valence-electron chi connectivity index (χ2n) is 4.36. The number of nitrogens with zero attached hydrogens (tertiary/aromatic N) is 3. The molecular formula is C13H11N5O3. The number of aromatic nitrogens is 2. The molecule has 1 aromatic carbocycles. The van der Waals surface area contributed by atoms with Gasteiger partial charge < -0.3 is 5.32 Å². The fraction of sp³-hybridized carbons (Fsp3) is 0.154. The number of benzene rings is 1. The molecule has 1 heterocycles. The van der Waals surface area contributed by atoms with E-state index in [2.05, 4.69) is 15.5 Å². The molecule has 1 amide bonds. The molecule has 1 aromatic heterocycles. The molecule has 0 spiro atoms. The molecule has 0 bridgehead atoms. The minimum Gasteiger partial charge on any atom is -0.321 e. The number of anilines is 1. The van der Waals surface area contributed by atoms with Gasteiger partial charge in [0.25, 0.3) is 11.6 Å². The Morgan fingerprint density at radius 1 is 1.48 bits per heavy atom. The van der Waals surface area contributed by atoms with Crippen LogP contribution in [0.5, 0.6) is 0 Å². The van der Waals surface area contributed by atoms with Crippen molar-refractivity contribution in [2.75, 3.05) is 5.32 Å². The van der Waals surface area contributed by atoms with Crippen LogP contribution in [0.25, 0.3) is 0 Å². The number of nitrogens with one attached hydrogen (secondary N) is 2. The predicted molar refractivity (Wildman–Crippen MR) is 73.8 cm³/mol. The van der Waals surface area contributed by atoms with Gasteiger partial charge in [0.15, 0.2) is 0 Å². The van der Waals surface area contributed by atoms with Gasteiger partial charge in [-0.3, -0.25) is 20.0 Å². The number of aryl methyl sites for hydroxylation is 2. The van der Waals surface area contributed by atoms with Crippen molar-refractivity contribution in [2.24, 2.45) is 0 Å². The largest absolute Gasteiger partial charge is 0.321 e. The molecule has 106 valence electrons. The summed E-state index contributed by atoms with van der Waals surface area (Å²) in [5.41, 5.74) is 1.55. The second-order valence-corrected chi connectivity index (χ2v) is 4.36. The molecule has 0 saturated heterocycles. The standard InChI is InChI=1S/C13H11N5O3/c1-7-12(8(2)17-16-7)13(19)15-11-4-3-10(18(20)21)5-9(11)6-14/h3-5H,1-2H3,(H,15,19)(H,16,17). The van der Waals surface area contributed by atoms with E-state index in [-0.39, 0.29) is 16.9 Å². The van der Waals surface area contributed by atoms with Gasteiger partial charge in [0.1, 0.15) is 6.07 Å². The highest BCUT2D eigenvalue weighted by Crippen LogP contribution is 2.22. The second kappa shape index (κ2) is 5.42. The number of nitro groups is 1. The van der Waals surface area contributed by atoms with E-state index in [9.17, 15) is 14.9 Å². The van der Waals surface area contributed by atoms with E-state index in [4.69, 9.17) is 5.26 Å². The molecular weight excluding hydrogens is 274 g/mol. The number of aromatic amines is 1. The van der Waals surface area contributed by atoms with Crippen molar-refractivity contribution in [2.45, 2.75) is 13.8 Å². The van der Waals surface area contributed by atoms with Crippen molar-refractivity contribution >= 4 is 17.3 Å². The molecule has 21 heavy (non-hydrogen) atoms. The molecule has 0 saturated carbocycles. The van der Waals surface area contributed by atoms with E-state index in [0.29, 0.717) is 17.0 Å². The Morgan fingerprint density at radius 3 is 2.71 bits per heavy atom. The normalized spacial score (nSPS) is 9.95. The van der Waals surface area contributed by atoms with Crippen LogP contribution in [0, 0.1) is 35.3 Å². The zero-order valence-electron chi connectivity index (χ0n) is 11.3. The van der Waals surface area contributed by atoms with Crippen LogP contribution in [0.3, 0.4) is 0 Å². The van der Waals surface area contributed by atoms with Crippen LogP contribution in [0.1, 0.15) is 27.3 Å². The van der Waals surface area contributed by atoms with E-state index >= 15 is 0 Å². The lowest BCUT2D eigenvalue weighted by Crippen LogP contribution is -2.14. The van der Waals surface area contributed by atoms with Crippen LogP contribution < -0.4 is 5.32 Å². The van der Waals surface area contributed by atoms with Gasteiger partial charge in [-0.25, -0.2) is 0 Å². The number of amides is 1. The average Bonchev–Trinajstić information content (AvgIpc) is 2.78. The smallest absolute Gasteiger partial charge is 0.270 e. The summed E-state index contributed by atoms with van der Waals surface area (Å²) in [5, 5.41) is 28.9. The van der Waals surface area contributed by atoms with Crippen molar-refractivity contribution in [3.63, 3.8) is 0 Å². The fourth-order valence-corrected chi connectivity index (χ4v) is 1.92. The highest BCUT2D eigenvalue weighted by atomic mass is 16.6. The van der Waals surface area contributed by atoms with E-state index in [0.717, 1.165) is 6.07 Å². The monoisotopic (exact) mass is 285 g/mol.